The number of amides is 2. The molecule has 18 heavy (non-hydrogen) atoms. The zero-order valence-electron chi connectivity index (χ0n) is 10.6. The lowest BCUT2D eigenvalue weighted by molar-refractivity contribution is -0.174. The summed E-state index contributed by atoms with van der Waals surface area (Å²) < 4.78 is 4.52. The second kappa shape index (κ2) is 4.85. The molecule has 2 amide bonds. The molecule has 2 N–H and O–H groups in total. The summed E-state index contributed by atoms with van der Waals surface area (Å²) in [4.78, 5) is 48.0. The molecule has 1 fully saturated rings. The average molecular weight is 256 g/mol. The highest BCUT2D eigenvalue weighted by atomic mass is 16.5. The number of Topliss-reactive ketones (excluding diaryl/α,β-unsaturated/α-hetero) is 1. The molecule has 2 atom stereocenters. The van der Waals surface area contributed by atoms with Crippen LogP contribution in [0.1, 0.15) is 26.7 Å². The first-order chi connectivity index (χ1) is 8.26. The number of likely N-dealkylation sites (tertiary alicyclic amines) is 1. The van der Waals surface area contributed by atoms with Crippen LogP contribution in [0.3, 0.4) is 0 Å². The van der Waals surface area contributed by atoms with Gasteiger partial charge in [0.25, 0.3) is 0 Å². The van der Waals surface area contributed by atoms with Crippen molar-refractivity contribution in [1.82, 2.24) is 4.90 Å². The van der Waals surface area contributed by atoms with Crippen LogP contribution in [0.2, 0.25) is 0 Å². The molecule has 0 aromatic heterocycles. The summed E-state index contributed by atoms with van der Waals surface area (Å²) in [5.41, 5.74) is 3.52. The number of methoxy groups -OCH3 is 1. The summed E-state index contributed by atoms with van der Waals surface area (Å²) in [5, 5.41) is 0. The quantitative estimate of drug-likeness (QED) is 0.501. The number of carbonyl (C=O) groups is 4. The molecule has 0 aromatic carbocycles. The predicted molar refractivity (Wildman–Crippen MR) is 60.2 cm³/mol. The fraction of sp³-hybridized carbons (Fsp3) is 0.636. The van der Waals surface area contributed by atoms with Crippen LogP contribution in [-0.4, -0.2) is 47.2 Å². The molecule has 0 aromatic rings. The number of hydrogen-bond donors (Lipinski definition) is 1. The lowest BCUT2D eigenvalue weighted by Crippen LogP contribution is -2.67. The fourth-order valence-electron chi connectivity index (χ4n) is 1.90. The second-order valence-corrected chi connectivity index (χ2v) is 4.34. The fourth-order valence-corrected chi connectivity index (χ4v) is 1.90. The molecule has 1 aliphatic heterocycles. The van der Waals surface area contributed by atoms with Gasteiger partial charge in [-0.1, -0.05) is 0 Å². The molecule has 1 saturated heterocycles. The number of hydrogen-bond acceptors (Lipinski definition) is 6. The predicted octanol–water partition coefficient (Wildman–Crippen LogP) is -1.02. The minimum Gasteiger partial charge on any atom is -0.467 e. The first-order valence-electron chi connectivity index (χ1n) is 5.51. The summed E-state index contributed by atoms with van der Waals surface area (Å²) in [6, 6.07) is -0.983. The Hall–Kier alpha value is -1.76. The van der Waals surface area contributed by atoms with E-state index in [1.165, 1.54) is 13.8 Å². The van der Waals surface area contributed by atoms with Crippen molar-refractivity contribution in [1.29, 1.82) is 0 Å². The van der Waals surface area contributed by atoms with Crippen LogP contribution in [0.15, 0.2) is 0 Å². The SMILES string of the molecule is COC(=O)[C@@]1(C)C(=O)CCC(=O)N1C(=O)[C@H](C)N. The van der Waals surface area contributed by atoms with Crippen molar-refractivity contribution in [3.8, 4) is 0 Å². The zero-order chi connectivity index (χ0) is 14.1. The Morgan fingerprint density at radius 1 is 1.39 bits per heavy atom. The van der Waals surface area contributed by atoms with Crippen LogP contribution in [0.4, 0.5) is 0 Å². The molecule has 1 aliphatic rings. The van der Waals surface area contributed by atoms with Gasteiger partial charge in [-0.15, -0.1) is 0 Å². The Labute approximate surface area is 104 Å². The molecule has 7 nitrogen and oxygen atoms in total. The van der Waals surface area contributed by atoms with Crippen molar-refractivity contribution in [2.75, 3.05) is 7.11 Å². The van der Waals surface area contributed by atoms with Crippen molar-refractivity contribution < 1.29 is 23.9 Å². The maximum absolute atomic E-state index is 11.9. The summed E-state index contributed by atoms with van der Waals surface area (Å²) >= 11 is 0. The van der Waals surface area contributed by atoms with Crippen LogP contribution in [0.25, 0.3) is 0 Å². The molecule has 100 valence electrons. The molecule has 1 heterocycles. The Bertz CT molecular complexity index is 408. The van der Waals surface area contributed by atoms with Gasteiger partial charge in [0.1, 0.15) is 0 Å². The molecule has 0 unspecified atom stereocenters. The summed E-state index contributed by atoms with van der Waals surface area (Å²) in [5.74, 6) is -2.82. The smallest absolute Gasteiger partial charge is 0.339 e. The number of esters is 1. The van der Waals surface area contributed by atoms with Gasteiger partial charge in [-0.2, -0.15) is 0 Å². The number of ketones is 1. The van der Waals surface area contributed by atoms with Crippen LogP contribution in [0, 0.1) is 0 Å². The molecule has 1 rings (SSSR count). The third-order valence-corrected chi connectivity index (χ3v) is 3.00. The van der Waals surface area contributed by atoms with E-state index in [9.17, 15) is 19.2 Å². The molecule has 0 aliphatic carbocycles. The van der Waals surface area contributed by atoms with Gasteiger partial charge < -0.3 is 10.5 Å². The van der Waals surface area contributed by atoms with Gasteiger partial charge in [-0.3, -0.25) is 19.3 Å². The molecule has 7 heteroatoms. The average Bonchev–Trinajstić information content (AvgIpc) is 2.32. The lowest BCUT2D eigenvalue weighted by Gasteiger charge is -2.39. The van der Waals surface area contributed by atoms with Gasteiger partial charge >= 0.3 is 5.97 Å². The number of piperidine rings is 1. The van der Waals surface area contributed by atoms with Crippen molar-refractivity contribution in [3.63, 3.8) is 0 Å². The number of imide groups is 1. The number of nitrogens with zero attached hydrogens (tertiary/aromatic N) is 1. The van der Waals surface area contributed by atoms with E-state index in [-0.39, 0.29) is 12.8 Å². The summed E-state index contributed by atoms with van der Waals surface area (Å²) in [7, 11) is 1.09. The van der Waals surface area contributed by atoms with Crippen molar-refractivity contribution in [2.45, 2.75) is 38.3 Å². The Morgan fingerprint density at radius 3 is 2.39 bits per heavy atom. The van der Waals surface area contributed by atoms with Gasteiger partial charge in [0.2, 0.25) is 17.4 Å². The van der Waals surface area contributed by atoms with Crippen molar-refractivity contribution >= 4 is 23.6 Å². The summed E-state index contributed by atoms with van der Waals surface area (Å²) in [6.07, 6.45) is -0.197. The van der Waals surface area contributed by atoms with E-state index in [1.807, 2.05) is 0 Å². The molecular formula is C11H16N2O5. The molecule has 0 spiro atoms. The number of rotatable bonds is 2. The molecule has 0 bridgehead atoms. The van der Waals surface area contributed by atoms with E-state index >= 15 is 0 Å². The monoisotopic (exact) mass is 256 g/mol. The Morgan fingerprint density at radius 2 is 1.94 bits per heavy atom. The minimum absolute atomic E-state index is 0.0901. The highest BCUT2D eigenvalue weighted by Gasteiger charge is 2.55. The van der Waals surface area contributed by atoms with Gasteiger partial charge in [-0.25, -0.2) is 4.79 Å². The normalized spacial score (nSPS) is 25.9. The lowest BCUT2D eigenvalue weighted by atomic mass is 9.86. The third kappa shape index (κ3) is 2.01. The van der Waals surface area contributed by atoms with E-state index in [0.717, 1.165) is 7.11 Å². The van der Waals surface area contributed by atoms with Gasteiger partial charge in [0.05, 0.1) is 13.2 Å². The van der Waals surface area contributed by atoms with Crippen LogP contribution in [-0.2, 0) is 23.9 Å². The Balaban J connectivity index is 3.29. The zero-order valence-corrected chi connectivity index (χ0v) is 10.6. The molecule has 0 saturated carbocycles. The van der Waals surface area contributed by atoms with Gasteiger partial charge in [0.15, 0.2) is 5.78 Å². The second-order valence-electron chi connectivity index (χ2n) is 4.34. The first-order valence-corrected chi connectivity index (χ1v) is 5.51. The maximum atomic E-state index is 11.9. The van der Waals surface area contributed by atoms with Crippen LogP contribution >= 0.6 is 0 Å². The van der Waals surface area contributed by atoms with E-state index in [1.54, 1.807) is 0 Å². The highest BCUT2D eigenvalue weighted by molar-refractivity contribution is 6.18. The minimum atomic E-state index is -1.91. The van der Waals surface area contributed by atoms with Crippen molar-refractivity contribution in [3.05, 3.63) is 0 Å². The number of ether oxygens (including phenoxy) is 1. The van der Waals surface area contributed by atoms with Gasteiger partial charge in [-0.05, 0) is 13.8 Å². The highest BCUT2D eigenvalue weighted by Crippen LogP contribution is 2.27. The molecule has 0 radical (unpaired) electrons. The maximum Gasteiger partial charge on any atom is 0.339 e. The van der Waals surface area contributed by atoms with Gasteiger partial charge in [0, 0.05) is 12.8 Å². The number of nitrogens with two attached hydrogens (primary N) is 1. The number of carbonyl (C=O) groups excluding carboxylic acids is 4. The van der Waals surface area contributed by atoms with E-state index < -0.39 is 35.1 Å². The summed E-state index contributed by atoms with van der Waals surface area (Å²) in [6.45, 7) is 2.59. The van der Waals surface area contributed by atoms with Crippen LogP contribution in [0.5, 0.6) is 0 Å². The topological polar surface area (TPSA) is 107 Å². The van der Waals surface area contributed by atoms with E-state index in [2.05, 4.69) is 4.74 Å². The van der Waals surface area contributed by atoms with E-state index in [4.69, 9.17) is 5.73 Å². The largest absolute Gasteiger partial charge is 0.467 e. The standard InChI is InChI=1S/C11H16N2O5/c1-6(12)9(16)13-8(15)5-4-7(14)11(13,2)10(17)18-3/h6H,4-5,12H2,1-3H3/t6-,11+/m0/s1. The first kappa shape index (κ1) is 14.3. The molecular weight excluding hydrogens is 240 g/mol. The van der Waals surface area contributed by atoms with Crippen molar-refractivity contribution in [2.24, 2.45) is 5.73 Å². The Kier molecular flexibility index (Phi) is 3.85. The van der Waals surface area contributed by atoms with E-state index in [0.29, 0.717) is 4.90 Å². The van der Waals surface area contributed by atoms with Crippen LogP contribution < -0.4 is 5.73 Å². The third-order valence-electron chi connectivity index (χ3n) is 3.00.